The molecule has 3 unspecified atom stereocenters. The van der Waals surface area contributed by atoms with Gasteiger partial charge in [-0.2, -0.15) is 0 Å². The van der Waals surface area contributed by atoms with E-state index in [1.54, 1.807) is 5.57 Å². The number of hydrogen-bond donors (Lipinski definition) is 1. The normalized spacial score (nSPS) is 43.5. The van der Waals surface area contributed by atoms with Gasteiger partial charge in [-0.3, -0.25) is 0 Å². The molecular formula is C90H153N5O7. The first-order valence-corrected chi connectivity index (χ1v) is 44.4. The van der Waals surface area contributed by atoms with Gasteiger partial charge < -0.3 is 58.0 Å². The van der Waals surface area contributed by atoms with E-state index in [4.69, 9.17) is 28.4 Å². The van der Waals surface area contributed by atoms with E-state index >= 15 is 0 Å². The van der Waals surface area contributed by atoms with Crippen molar-refractivity contribution in [2.24, 2.45) is 91.7 Å². The van der Waals surface area contributed by atoms with Crippen LogP contribution in [0, 0.1) is 91.7 Å². The monoisotopic (exact) mass is 1420 g/mol. The molecule has 12 nitrogen and oxygen atoms in total. The number of aliphatic hydroxyl groups excluding tert-OH is 1. The Morgan fingerprint density at radius 3 is 1.04 bits per heavy atom. The largest absolute Gasteiger partial charge is 0.396 e. The van der Waals surface area contributed by atoms with Crippen molar-refractivity contribution in [2.75, 3.05) is 112 Å². The molecule has 1 N–H and O–H groups in total. The third kappa shape index (κ3) is 15.7. The van der Waals surface area contributed by atoms with Gasteiger partial charge in [-0.15, -0.1) is 0 Å². The Balaban J connectivity index is 0.000000130. The van der Waals surface area contributed by atoms with Crippen LogP contribution in [0.15, 0.2) is 36.5 Å². The Morgan fingerprint density at radius 2 is 0.716 bits per heavy atom. The Hall–Kier alpha value is -1.26. The topological polar surface area (TPSA) is 91.8 Å². The van der Waals surface area contributed by atoms with Crippen LogP contribution in [0.4, 0.5) is 0 Å². The minimum absolute atomic E-state index is 0.0520. The van der Waals surface area contributed by atoms with E-state index in [9.17, 15) is 5.11 Å². The van der Waals surface area contributed by atoms with Gasteiger partial charge in [0.1, 0.15) is 0 Å². The van der Waals surface area contributed by atoms with Gasteiger partial charge in [-0.25, -0.2) is 0 Å². The van der Waals surface area contributed by atoms with Gasteiger partial charge in [-0.05, 0) is 329 Å². The maximum Gasteiger partial charge on any atom is 0.160 e. The van der Waals surface area contributed by atoms with Crippen LogP contribution in [0.5, 0.6) is 0 Å². The molecule has 7 heterocycles. The third-order valence-corrected chi connectivity index (χ3v) is 34.1. The van der Waals surface area contributed by atoms with Crippen LogP contribution in [0.2, 0.25) is 0 Å². The number of aliphatic hydroxyl groups is 1. The van der Waals surface area contributed by atoms with Gasteiger partial charge in [-0.1, -0.05) is 130 Å². The molecule has 16 aliphatic rings. The molecular weight excluding hydrogens is 1260 g/mol. The van der Waals surface area contributed by atoms with Crippen molar-refractivity contribution in [1.82, 2.24) is 24.5 Å². The number of piperidine rings is 3. The zero-order chi connectivity index (χ0) is 71.0. The van der Waals surface area contributed by atoms with Crippen molar-refractivity contribution >= 4 is 0 Å². The summed E-state index contributed by atoms with van der Waals surface area (Å²) in [5.74, 6) is 6.37. The average Bonchev–Trinajstić information content (AvgIpc) is 0.954. The van der Waals surface area contributed by atoms with Crippen LogP contribution in [0.1, 0.15) is 280 Å². The number of nitrogens with zero attached hydrogens (tertiary/aromatic N) is 5. The average molecular weight is 1420 g/mol. The Morgan fingerprint density at radius 1 is 0.392 bits per heavy atom. The highest BCUT2D eigenvalue weighted by Gasteiger charge is 2.64. The number of rotatable bonds is 17. The molecule has 9 saturated carbocycles. The molecule has 9 aliphatic carbocycles. The maximum atomic E-state index is 9.46. The minimum atomic E-state index is 0.0520. The molecule has 0 amide bonds. The van der Waals surface area contributed by atoms with Gasteiger partial charge in [0.25, 0.3) is 0 Å². The van der Waals surface area contributed by atoms with Crippen LogP contribution in [-0.4, -0.2) is 190 Å². The summed E-state index contributed by atoms with van der Waals surface area (Å²) in [5.41, 5.74) is 6.03. The lowest BCUT2D eigenvalue weighted by Gasteiger charge is -2.63. The lowest BCUT2D eigenvalue weighted by molar-refractivity contribution is -0.316. The van der Waals surface area contributed by atoms with Crippen molar-refractivity contribution in [2.45, 2.75) is 329 Å². The van der Waals surface area contributed by atoms with Crippen LogP contribution in [-0.2, 0) is 28.4 Å². The Bertz CT molecular complexity index is 2600. The van der Waals surface area contributed by atoms with E-state index in [0.29, 0.717) is 100 Å². The van der Waals surface area contributed by atoms with Gasteiger partial charge in [0, 0.05) is 52.7 Å². The van der Waals surface area contributed by atoms with Crippen molar-refractivity contribution in [1.29, 1.82) is 0 Å². The summed E-state index contributed by atoms with van der Waals surface area (Å²) < 4.78 is 39.9. The highest BCUT2D eigenvalue weighted by atomic mass is 16.7. The highest BCUT2D eigenvalue weighted by Crippen LogP contribution is 2.67. The number of fused-ring (bicyclic) bond motifs is 9. The Kier molecular flexibility index (Phi) is 25.3. The zero-order valence-corrected chi connectivity index (χ0v) is 66.9. The maximum absolute atomic E-state index is 9.46. The predicted molar refractivity (Wildman–Crippen MR) is 415 cm³/mol. The molecule has 12 heteroatoms. The fourth-order valence-corrected chi connectivity index (χ4v) is 27.8. The molecule has 0 aromatic carbocycles. The first kappa shape index (κ1) is 77.5. The van der Waals surface area contributed by atoms with Gasteiger partial charge in [0.15, 0.2) is 18.9 Å². The number of hydrogen-bond acceptors (Lipinski definition) is 12. The molecule has 0 aromatic heterocycles. The van der Waals surface area contributed by atoms with Crippen molar-refractivity contribution in [3.05, 3.63) is 36.5 Å². The predicted octanol–water partition coefficient (Wildman–Crippen LogP) is 18.2. The molecule has 7 saturated heterocycles. The summed E-state index contributed by atoms with van der Waals surface area (Å²) in [6, 6.07) is 1.65. The highest BCUT2D eigenvalue weighted by molar-refractivity contribution is 5.22. The molecule has 0 bridgehead atoms. The van der Waals surface area contributed by atoms with Crippen molar-refractivity contribution in [3.63, 3.8) is 0 Å². The summed E-state index contributed by atoms with van der Waals surface area (Å²) in [7, 11) is 0. The zero-order valence-electron chi connectivity index (χ0n) is 66.9. The van der Waals surface area contributed by atoms with Crippen LogP contribution >= 0.6 is 0 Å². The van der Waals surface area contributed by atoms with Gasteiger partial charge in [0.05, 0.1) is 38.1 Å². The van der Waals surface area contributed by atoms with Crippen molar-refractivity contribution in [3.8, 4) is 0 Å². The number of likely N-dealkylation sites (tertiary alicyclic amines) is 4. The second-order valence-corrected chi connectivity index (χ2v) is 39.5. The number of ether oxygens (including phenoxy) is 6. The molecule has 7 aliphatic heterocycles. The minimum Gasteiger partial charge on any atom is -0.396 e. The SMILES string of the molecule is C=C1CCC2[C@]3(C)CO[C@@H](C4CCCC4)O[C@@H]3CC[C@@]2(C)[C@@H]1CCN1CCC(CO)CC1.C=C1CCC2[C@]3(C)CO[C@@H](C4CCCC4)O[C@@H]3CC[C@@]2(C)[C@@H]1CCN1CCC(N(CC)CC)CC1.C=C1CCC2[C@]3(C)CO[C@@H](C4CCCC4)O[C@@H]3CC[C@@]2(C)[C@@H]1CCN1CCC(N2CCCC2)CC1. The molecule has 16 fully saturated rings. The Labute approximate surface area is 623 Å². The standard InChI is InChI=1S/C31H52N2O2.C31H54N2O2.C28H47NO3/c1-23-10-11-27-30(2,16-12-28-31(27,3)22-34-29(35-28)24-8-4-5-9-24)26(23)15-21-32-19-13-25(14-20-32)33-17-6-7-18-33;1-6-33(7-2)25-15-19-32(20-16-25)21-17-26-23(3)12-13-27-30(26,4)18-14-28-31(27,5)22-34-29(35-28)24-10-8-9-11-24;1-20-8-9-24-27(2,23(20)13-17-29-15-11-21(18-30)12-16-29)14-10-25-28(24,3)19-31-26(32-25)22-6-4-5-7-22/h24-29H,1,4-22H2,2-3H3;24-29H,3,6-22H2,1-2,4-5H3;21-26,30H,1,4-19H2,2-3H3/t2*26-,27?,28-,29-,30+,31+;23-,24?,25-,26-,27+,28+/m111/s1. The number of allylic oxidation sites excluding steroid dienone is 3. The first-order valence-electron chi connectivity index (χ1n) is 44.4. The summed E-state index contributed by atoms with van der Waals surface area (Å²) in [6.07, 6.45) is 46.4. The fourth-order valence-electron chi connectivity index (χ4n) is 27.8. The molecule has 18 atom stereocenters. The lowest BCUT2D eigenvalue weighted by atomic mass is 9.46. The summed E-state index contributed by atoms with van der Waals surface area (Å²) in [6.45, 7) is 53.1. The molecule has 0 aromatic rings. The second kappa shape index (κ2) is 33.4. The molecule has 0 spiro atoms. The smallest absolute Gasteiger partial charge is 0.160 e. The van der Waals surface area contributed by atoms with Crippen molar-refractivity contribution < 1.29 is 33.5 Å². The third-order valence-electron chi connectivity index (χ3n) is 34.1. The fraction of sp³-hybridized carbons (Fsp3) is 0.933. The summed E-state index contributed by atoms with van der Waals surface area (Å²) >= 11 is 0. The molecule has 16 rings (SSSR count). The van der Waals surface area contributed by atoms with Crippen LogP contribution in [0.25, 0.3) is 0 Å². The molecule has 102 heavy (non-hydrogen) atoms. The second-order valence-electron chi connectivity index (χ2n) is 39.5. The van der Waals surface area contributed by atoms with E-state index in [1.807, 2.05) is 0 Å². The van der Waals surface area contributed by atoms with Gasteiger partial charge >= 0.3 is 0 Å². The summed E-state index contributed by atoms with van der Waals surface area (Å²) in [5, 5.41) is 9.46. The first-order chi connectivity index (χ1) is 49.3. The van der Waals surface area contributed by atoms with E-state index in [0.717, 1.165) is 57.8 Å². The van der Waals surface area contributed by atoms with Gasteiger partial charge in [0.2, 0.25) is 0 Å². The van der Waals surface area contributed by atoms with Crippen LogP contribution in [0.3, 0.4) is 0 Å². The summed E-state index contributed by atoms with van der Waals surface area (Å²) in [4.78, 5) is 13.6. The van der Waals surface area contributed by atoms with Crippen LogP contribution < -0.4 is 0 Å². The molecule has 0 radical (unpaired) electrons. The quantitative estimate of drug-likeness (QED) is 0.141. The lowest BCUT2D eigenvalue weighted by Crippen LogP contribution is -2.62. The van der Waals surface area contributed by atoms with E-state index in [-0.39, 0.29) is 35.1 Å². The van der Waals surface area contributed by atoms with E-state index in [2.05, 4.69) is 99.6 Å². The van der Waals surface area contributed by atoms with E-state index in [1.165, 1.54) is 295 Å². The van der Waals surface area contributed by atoms with E-state index < -0.39 is 0 Å². The molecule has 580 valence electrons.